The van der Waals surface area contributed by atoms with E-state index in [0.29, 0.717) is 6.04 Å². The third kappa shape index (κ3) is 3.51. The molecule has 1 unspecified atom stereocenters. The van der Waals surface area contributed by atoms with Crippen molar-refractivity contribution >= 4 is 5.82 Å². The molecule has 0 spiro atoms. The molecule has 0 saturated carbocycles. The van der Waals surface area contributed by atoms with Gasteiger partial charge in [0, 0.05) is 32.9 Å². The van der Waals surface area contributed by atoms with Crippen molar-refractivity contribution in [3.05, 3.63) is 23.4 Å². The van der Waals surface area contributed by atoms with Crippen LogP contribution in [0.4, 0.5) is 5.82 Å². The van der Waals surface area contributed by atoms with E-state index in [4.69, 9.17) is 0 Å². The number of pyridine rings is 1. The predicted molar refractivity (Wildman–Crippen MR) is 86.3 cm³/mol. The van der Waals surface area contributed by atoms with Gasteiger partial charge in [0.1, 0.15) is 5.82 Å². The highest BCUT2D eigenvalue weighted by molar-refractivity contribution is 5.42. The normalized spacial score (nSPS) is 20.4. The molecule has 2 heterocycles. The Balaban J connectivity index is 2.23. The number of anilines is 1. The number of nitrogens with zero attached hydrogens (tertiary/aromatic N) is 3. The quantitative estimate of drug-likeness (QED) is 0.836. The van der Waals surface area contributed by atoms with Crippen LogP contribution in [0.2, 0.25) is 0 Å². The van der Waals surface area contributed by atoms with Crippen LogP contribution >= 0.6 is 0 Å². The van der Waals surface area contributed by atoms with Crippen molar-refractivity contribution in [1.29, 1.82) is 0 Å². The minimum Gasteiger partial charge on any atom is -0.363 e. The molecule has 0 aromatic carbocycles. The van der Waals surface area contributed by atoms with Crippen molar-refractivity contribution in [2.75, 3.05) is 32.1 Å². The van der Waals surface area contributed by atoms with E-state index in [1.54, 1.807) is 0 Å². The Hall–Kier alpha value is -1.09. The summed E-state index contributed by atoms with van der Waals surface area (Å²) in [6.07, 6.45) is 6.06. The summed E-state index contributed by atoms with van der Waals surface area (Å²) < 4.78 is 0. The predicted octanol–water partition coefficient (Wildman–Crippen LogP) is 3.64. The second-order valence-corrected chi connectivity index (χ2v) is 6.69. The number of aromatic nitrogens is 1. The minimum absolute atomic E-state index is 0.565. The average molecular weight is 275 g/mol. The number of piperidine rings is 1. The smallest absolute Gasteiger partial charge is 0.128 e. The van der Waals surface area contributed by atoms with E-state index < -0.39 is 0 Å². The van der Waals surface area contributed by atoms with Gasteiger partial charge in [-0.2, -0.15) is 0 Å². The van der Waals surface area contributed by atoms with E-state index in [1.807, 2.05) is 14.1 Å². The van der Waals surface area contributed by atoms with Crippen molar-refractivity contribution < 1.29 is 0 Å². The monoisotopic (exact) mass is 275 g/mol. The molecule has 3 heteroatoms. The molecule has 112 valence electrons. The Morgan fingerprint density at radius 3 is 2.70 bits per heavy atom. The zero-order valence-corrected chi connectivity index (χ0v) is 13.7. The van der Waals surface area contributed by atoms with Crippen LogP contribution in [0.3, 0.4) is 0 Å². The van der Waals surface area contributed by atoms with Gasteiger partial charge in [0.15, 0.2) is 0 Å². The van der Waals surface area contributed by atoms with Crippen LogP contribution in [0.25, 0.3) is 0 Å². The van der Waals surface area contributed by atoms with Crippen molar-refractivity contribution in [3.8, 4) is 0 Å². The molecule has 20 heavy (non-hydrogen) atoms. The fourth-order valence-electron chi connectivity index (χ4n) is 3.18. The fourth-order valence-corrected chi connectivity index (χ4v) is 3.18. The molecule has 0 N–H and O–H groups in total. The molecule has 0 bridgehead atoms. The Morgan fingerprint density at radius 2 is 2.10 bits per heavy atom. The molecule has 1 aromatic heterocycles. The average Bonchev–Trinajstić information content (AvgIpc) is 2.39. The van der Waals surface area contributed by atoms with Gasteiger partial charge in [-0.15, -0.1) is 0 Å². The van der Waals surface area contributed by atoms with Gasteiger partial charge in [-0.25, -0.2) is 4.98 Å². The molecule has 0 amide bonds. The maximum atomic E-state index is 4.63. The summed E-state index contributed by atoms with van der Waals surface area (Å²) in [6.45, 7) is 9.28. The maximum absolute atomic E-state index is 4.63. The van der Waals surface area contributed by atoms with Crippen LogP contribution in [0.15, 0.2) is 12.3 Å². The van der Waals surface area contributed by atoms with Crippen LogP contribution in [0.5, 0.6) is 0 Å². The van der Waals surface area contributed by atoms with E-state index in [2.05, 4.69) is 47.8 Å². The van der Waals surface area contributed by atoms with E-state index in [-0.39, 0.29) is 0 Å². The lowest BCUT2D eigenvalue weighted by Gasteiger charge is -2.37. The summed E-state index contributed by atoms with van der Waals surface area (Å²) in [7, 11) is 4.10. The third-order valence-corrected chi connectivity index (χ3v) is 4.17. The molecule has 1 fully saturated rings. The SMILES string of the molecule is Cc1cc(N(C)C)ncc1C1CCCCN1CC(C)C. The van der Waals surface area contributed by atoms with Crippen molar-refractivity contribution in [1.82, 2.24) is 9.88 Å². The summed E-state index contributed by atoms with van der Waals surface area (Å²) >= 11 is 0. The van der Waals surface area contributed by atoms with E-state index >= 15 is 0 Å². The number of aryl methyl sites for hydroxylation is 1. The molecular formula is C17H29N3. The molecule has 0 aliphatic carbocycles. The second-order valence-electron chi connectivity index (χ2n) is 6.69. The highest BCUT2D eigenvalue weighted by atomic mass is 15.2. The maximum Gasteiger partial charge on any atom is 0.128 e. The van der Waals surface area contributed by atoms with Crippen LogP contribution in [-0.4, -0.2) is 37.1 Å². The lowest BCUT2D eigenvalue weighted by molar-refractivity contribution is 0.131. The first-order valence-corrected chi connectivity index (χ1v) is 7.87. The van der Waals surface area contributed by atoms with Crippen LogP contribution in [0, 0.1) is 12.8 Å². The molecule has 2 rings (SSSR count). The molecule has 1 aliphatic rings. The molecule has 0 radical (unpaired) electrons. The van der Waals surface area contributed by atoms with Gasteiger partial charge in [0.2, 0.25) is 0 Å². The summed E-state index contributed by atoms with van der Waals surface area (Å²) in [5.74, 6) is 1.78. The highest BCUT2D eigenvalue weighted by Gasteiger charge is 2.25. The largest absolute Gasteiger partial charge is 0.363 e. The zero-order valence-electron chi connectivity index (χ0n) is 13.7. The summed E-state index contributed by atoms with van der Waals surface area (Å²) in [5, 5.41) is 0. The van der Waals surface area contributed by atoms with E-state index in [9.17, 15) is 0 Å². The second kappa shape index (κ2) is 6.57. The summed E-state index contributed by atoms with van der Waals surface area (Å²) in [5.41, 5.74) is 2.81. The van der Waals surface area contributed by atoms with Gasteiger partial charge in [-0.3, -0.25) is 4.90 Å². The Bertz CT molecular complexity index is 440. The first kappa shape index (κ1) is 15.3. The Labute approximate surface area is 124 Å². The van der Waals surface area contributed by atoms with Crippen molar-refractivity contribution in [2.24, 2.45) is 5.92 Å². The van der Waals surface area contributed by atoms with Crippen LogP contribution in [0.1, 0.15) is 50.3 Å². The van der Waals surface area contributed by atoms with Gasteiger partial charge in [-0.1, -0.05) is 20.3 Å². The molecule has 1 atom stereocenters. The summed E-state index contributed by atoms with van der Waals surface area (Å²) in [4.78, 5) is 9.36. The molecule has 1 saturated heterocycles. The molecular weight excluding hydrogens is 246 g/mol. The van der Waals surface area contributed by atoms with Gasteiger partial charge in [-0.05, 0) is 49.4 Å². The molecule has 1 aliphatic heterocycles. The third-order valence-electron chi connectivity index (χ3n) is 4.17. The van der Waals surface area contributed by atoms with Crippen molar-refractivity contribution in [2.45, 2.75) is 46.1 Å². The van der Waals surface area contributed by atoms with Gasteiger partial charge < -0.3 is 4.90 Å². The standard InChI is InChI=1S/C17H29N3/c1-13(2)12-20-9-7-6-8-16(20)15-11-18-17(19(4)5)10-14(15)3/h10-11,13,16H,6-9,12H2,1-5H3. The zero-order chi connectivity index (χ0) is 14.7. The van der Waals surface area contributed by atoms with Gasteiger partial charge >= 0.3 is 0 Å². The molecule has 1 aromatic rings. The highest BCUT2D eigenvalue weighted by Crippen LogP contribution is 2.33. The summed E-state index contributed by atoms with van der Waals surface area (Å²) in [6, 6.07) is 2.78. The molecule has 3 nitrogen and oxygen atoms in total. The topological polar surface area (TPSA) is 19.4 Å². The number of hydrogen-bond donors (Lipinski definition) is 0. The number of hydrogen-bond acceptors (Lipinski definition) is 3. The fraction of sp³-hybridized carbons (Fsp3) is 0.706. The first-order chi connectivity index (χ1) is 9.49. The van der Waals surface area contributed by atoms with E-state index in [0.717, 1.165) is 11.7 Å². The lowest BCUT2D eigenvalue weighted by Crippen LogP contribution is -2.36. The lowest BCUT2D eigenvalue weighted by atomic mass is 9.92. The van der Waals surface area contributed by atoms with Crippen LogP contribution < -0.4 is 4.90 Å². The Morgan fingerprint density at radius 1 is 1.35 bits per heavy atom. The number of rotatable bonds is 4. The van der Waals surface area contributed by atoms with Crippen molar-refractivity contribution in [3.63, 3.8) is 0 Å². The Kier molecular flexibility index (Phi) is 5.03. The van der Waals surface area contributed by atoms with E-state index in [1.165, 1.54) is 43.5 Å². The van der Waals surface area contributed by atoms with Crippen LogP contribution in [-0.2, 0) is 0 Å². The van der Waals surface area contributed by atoms with Gasteiger partial charge in [0.05, 0.1) is 0 Å². The van der Waals surface area contributed by atoms with Gasteiger partial charge in [0.25, 0.3) is 0 Å². The number of likely N-dealkylation sites (tertiary alicyclic amines) is 1. The minimum atomic E-state index is 0.565. The first-order valence-electron chi connectivity index (χ1n) is 7.87.